The summed E-state index contributed by atoms with van der Waals surface area (Å²) in [5.74, 6) is -1.17. The fourth-order valence-corrected chi connectivity index (χ4v) is 4.23. The summed E-state index contributed by atoms with van der Waals surface area (Å²) in [5.41, 5.74) is 5.01. The third-order valence-corrected chi connectivity index (χ3v) is 5.72. The lowest BCUT2D eigenvalue weighted by molar-refractivity contribution is -0.384. The number of amides is 1. The number of nitrogens with zero attached hydrogens (tertiary/aromatic N) is 1. The number of aliphatic carboxylic acids is 1. The van der Waals surface area contributed by atoms with E-state index in [1.807, 2.05) is 48.5 Å². The Balaban J connectivity index is 1.42. The molecule has 0 bridgehead atoms. The molecule has 0 radical (unpaired) electrons. The minimum absolute atomic E-state index is 0.0574. The van der Waals surface area contributed by atoms with E-state index in [0.717, 1.165) is 22.3 Å². The number of carbonyl (C=O) groups is 2. The number of nitro groups is 1. The molecule has 168 valence electrons. The van der Waals surface area contributed by atoms with Crippen molar-refractivity contribution in [3.05, 3.63) is 99.6 Å². The number of nitrogens with one attached hydrogen (secondary N) is 1. The fraction of sp³-hybridized carbons (Fsp3) is 0.200. The number of carboxylic acid groups (broad SMARTS) is 1. The van der Waals surface area contributed by atoms with Gasteiger partial charge in [-0.1, -0.05) is 60.7 Å². The van der Waals surface area contributed by atoms with E-state index in [2.05, 4.69) is 5.32 Å². The summed E-state index contributed by atoms with van der Waals surface area (Å²) in [6.45, 7) is 0.122. The van der Waals surface area contributed by atoms with Crippen molar-refractivity contribution in [3.8, 4) is 11.1 Å². The van der Waals surface area contributed by atoms with Gasteiger partial charge in [0.1, 0.15) is 6.61 Å². The Morgan fingerprint density at radius 2 is 1.55 bits per heavy atom. The smallest absolute Gasteiger partial charge is 0.407 e. The zero-order chi connectivity index (χ0) is 23.4. The number of ether oxygens (including phenoxy) is 1. The molecule has 1 amide bonds. The second kappa shape index (κ2) is 9.52. The van der Waals surface area contributed by atoms with E-state index in [0.29, 0.717) is 5.56 Å². The Morgan fingerprint density at radius 1 is 0.970 bits per heavy atom. The maximum atomic E-state index is 12.5. The van der Waals surface area contributed by atoms with Crippen LogP contribution in [0.4, 0.5) is 10.5 Å². The lowest BCUT2D eigenvalue weighted by atomic mass is 9.98. The summed E-state index contributed by atoms with van der Waals surface area (Å²) in [7, 11) is 0. The number of fused-ring (bicyclic) bond motifs is 3. The van der Waals surface area contributed by atoms with Crippen LogP contribution in [0.1, 0.15) is 29.0 Å². The molecule has 2 N–H and O–H groups in total. The Hall–Kier alpha value is -4.20. The lowest BCUT2D eigenvalue weighted by Gasteiger charge is -2.19. The predicted molar refractivity (Wildman–Crippen MR) is 121 cm³/mol. The van der Waals surface area contributed by atoms with Gasteiger partial charge >= 0.3 is 12.1 Å². The predicted octanol–water partition coefficient (Wildman–Crippen LogP) is 4.52. The van der Waals surface area contributed by atoms with E-state index in [-0.39, 0.29) is 31.1 Å². The minimum atomic E-state index is -1.07. The van der Waals surface area contributed by atoms with Crippen molar-refractivity contribution in [3.63, 3.8) is 0 Å². The molecule has 8 nitrogen and oxygen atoms in total. The van der Waals surface area contributed by atoms with Crippen LogP contribution in [-0.2, 0) is 16.0 Å². The number of alkyl carbamates (subject to hydrolysis) is 1. The second-order valence-electron chi connectivity index (χ2n) is 7.89. The van der Waals surface area contributed by atoms with Crippen molar-refractivity contribution in [2.45, 2.75) is 24.8 Å². The highest BCUT2D eigenvalue weighted by Gasteiger charge is 2.29. The second-order valence-corrected chi connectivity index (χ2v) is 7.89. The van der Waals surface area contributed by atoms with E-state index in [1.54, 1.807) is 12.1 Å². The number of non-ortho nitro benzene ring substituents is 1. The molecule has 33 heavy (non-hydrogen) atoms. The van der Waals surface area contributed by atoms with Gasteiger partial charge in [-0.25, -0.2) is 4.79 Å². The highest BCUT2D eigenvalue weighted by molar-refractivity contribution is 5.79. The van der Waals surface area contributed by atoms with Crippen LogP contribution in [0.3, 0.4) is 0 Å². The van der Waals surface area contributed by atoms with Gasteiger partial charge < -0.3 is 15.2 Å². The molecule has 0 aromatic heterocycles. The topological polar surface area (TPSA) is 119 Å². The molecule has 0 spiro atoms. The highest BCUT2D eigenvalue weighted by atomic mass is 16.6. The van der Waals surface area contributed by atoms with Gasteiger partial charge in [0, 0.05) is 24.1 Å². The van der Waals surface area contributed by atoms with Gasteiger partial charge in [0.2, 0.25) is 0 Å². The van der Waals surface area contributed by atoms with Crippen LogP contribution in [0.25, 0.3) is 11.1 Å². The molecule has 1 aliphatic carbocycles. The first kappa shape index (κ1) is 22.0. The molecule has 0 unspecified atom stereocenters. The van der Waals surface area contributed by atoms with Gasteiger partial charge in [0.25, 0.3) is 5.69 Å². The van der Waals surface area contributed by atoms with Crippen LogP contribution in [0.2, 0.25) is 0 Å². The maximum Gasteiger partial charge on any atom is 0.407 e. The van der Waals surface area contributed by atoms with Crippen molar-refractivity contribution in [1.82, 2.24) is 5.32 Å². The molecule has 3 aromatic rings. The van der Waals surface area contributed by atoms with E-state index in [9.17, 15) is 24.8 Å². The molecule has 0 saturated heterocycles. The standard InChI is InChI=1S/C25H22N2O6/c28-24(29)14-17(13-16-9-11-18(12-10-16)27(31)32)26-25(30)33-15-23-21-7-3-1-5-19(21)20-6-2-4-8-22(20)23/h1-12,17,23H,13-15H2,(H,26,30)(H,28,29)/t17-/m0/s1. The van der Waals surface area contributed by atoms with Crippen LogP contribution in [0.15, 0.2) is 72.8 Å². The number of rotatable bonds is 8. The van der Waals surface area contributed by atoms with Crippen molar-refractivity contribution < 1.29 is 24.4 Å². The van der Waals surface area contributed by atoms with Gasteiger partial charge in [-0.15, -0.1) is 0 Å². The summed E-state index contributed by atoms with van der Waals surface area (Å²) >= 11 is 0. The molecular weight excluding hydrogens is 424 g/mol. The fourth-order valence-electron chi connectivity index (χ4n) is 4.23. The van der Waals surface area contributed by atoms with Gasteiger partial charge in [-0.2, -0.15) is 0 Å². The third kappa shape index (κ3) is 5.01. The number of benzene rings is 3. The zero-order valence-electron chi connectivity index (χ0n) is 17.6. The van der Waals surface area contributed by atoms with Crippen LogP contribution < -0.4 is 5.32 Å². The van der Waals surface area contributed by atoms with Gasteiger partial charge in [0.05, 0.1) is 11.3 Å². The van der Waals surface area contributed by atoms with Gasteiger partial charge in [-0.05, 0) is 34.2 Å². The summed E-state index contributed by atoms with van der Waals surface area (Å²) < 4.78 is 5.51. The molecule has 3 aromatic carbocycles. The normalized spacial score (nSPS) is 13.0. The number of hydrogen-bond acceptors (Lipinski definition) is 5. The van der Waals surface area contributed by atoms with E-state index in [1.165, 1.54) is 12.1 Å². The number of nitro benzene ring substituents is 1. The van der Waals surface area contributed by atoms with Crippen molar-refractivity contribution in [1.29, 1.82) is 0 Å². The zero-order valence-corrected chi connectivity index (χ0v) is 17.6. The first-order valence-corrected chi connectivity index (χ1v) is 10.5. The van der Waals surface area contributed by atoms with Crippen LogP contribution in [0, 0.1) is 10.1 Å². The molecule has 4 rings (SSSR count). The molecule has 1 aliphatic rings. The Morgan fingerprint density at radius 3 is 2.09 bits per heavy atom. The molecule has 1 atom stereocenters. The van der Waals surface area contributed by atoms with Crippen LogP contribution in [0.5, 0.6) is 0 Å². The molecular formula is C25H22N2O6. The SMILES string of the molecule is O=C(O)C[C@H](Cc1ccc([N+](=O)[O-])cc1)NC(=O)OCC1c2ccccc2-c2ccccc21. The Labute approximate surface area is 190 Å². The minimum Gasteiger partial charge on any atom is -0.481 e. The molecule has 0 fully saturated rings. The Kier molecular flexibility index (Phi) is 6.35. The van der Waals surface area contributed by atoms with Crippen molar-refractivity contribution in [2.24, 2.45) is 0 Å². The average Bonchev–Trinajstić information content (AvgIpc) is 3.11. The highest BCUT2D eigenvalue weighted by Crippen LogP contribution is 2.44. The molecule has 8 heteroatoms. The summed E-state index contributed by atoms with van der Waals surface area (Å²) in [6.07, 6.45) is -0.805. The maximum absolute atomic E-state index is 12.5. The summed E-state index contributed by atoms with van der Waals surface area (Å²) in [6, 6.07) is 21.0. The average molecular weight is 446 g/mol. The number of hydrogen-bond donors (Lipinski definition) is 2. The number of carbonyl (C=O) groups excluding carboxylic acids is 1. The molecule has 0 saturated carbocycles. The van der Waals surface area contributed by atoms with E-state index in [4.69, 9.17) is 4.74 Å². The van der Waals surface area contributed by atoms with Crippen LogP contribution >= 0.6 is 0 Å². The van der Waals surface area contributed by atoms with Gasteiger partial charge in [-0.3, -0.25) is 14.9 Å². The number of carboxylic acids is 1. The van der Waals surface area contributed by atoms with Crippen LogP contribution in [-0.4, -0.2) is 34.7 Å². The van der Waals surface area contributed by atoms with Crippen molar-refractivity contribution in [2.75, 3.05) is 6.61 Å². The monoisotopic (exact) mass is 446 g/mol. The quantitative estimate of drug-likeness (QED) is 0.388. The van der Waals surface area contributed by atoms with E-state index >= 15 is 0 Å². The molecule has 0 heterocycles. The van der Waals surface area contributed by atoms with E-state index < -0.39 is 23.0 Å². The first-order chi connectivity index (χ1) is 15.9. The summed E-state index contributed by atoms with van der Waals surface area (Å²) in [5, 5.41) is 22.7. The third-order valence-electron chi connectivity index (χ3n) is 5.72. The first-order valence-electron chi connectivity index (χ1n) is 10.5. The largest absolute Gasteiger partial charge is 0.481 e. The lowest BCUT2D eigenvalue weighted by Crippen LogP contribution is -2.39. The summed E-state index contributed by atoms with van der Waals surface area (Å²) in [4.78, 5) is 34.1. The Bertz CT molecular complexity index is 1150. The van der Waals surface area contributed by atoms with Gasteiger partial charge in [0.15, 0.2) is 0 Å². The van der Waals surface area contributed by atoms with Crippen molar-refractivity contribution >= 4 is 17.7 Å². The molecule has 0 aliphatic heterocycles.